The Kier molecular flexibility index (Phi) is 6.26. The van der Waals surface area contributed by atoms with E-state index in [1.54, 1.807) is 4.90 Å². The molecule has 0 N–H and O–H groups in total. The molecule has 1 rings (SSSR count). The van der Waals surface area contributed by atoms with Crippen LogP contribution in [0.5, 0.6) is 0 Å². The van der Waals surface area contributed by atoms with E-state index < -0.39 is 9.84 Å². The first-order chi connectivity index (χ1) is 8.85. The van der Waals surface area contributed by atoms with Crippen molar-refractivity contribution in [3.8, 4) is 0 Å². The molecule has 19 heavy (non-hydrogen) atoms. The molecule has 6 heteroatoms. The molecule has 1 aliphatic rings. The lowest BCUT2D eigenvalue weighted by Crippen LogP contribution is -2.36. The molecular formula is C13H26N2O3S. The van der Waals surface area contributed by atoms with Crippen molar-refractivity contribution in [3.63, 3.8) is 0 Å². The lowest BCUT2D eigenvalue weighted by atomic mass is 10.2. The second-order valence-electron chi connectivity index (χ2n) is 5.46. The van der Waals surface area contributed by atoms with E-state index in [2.05, 4.69) is 6.92 Å². The van der Waals surface area contributed by atoms with Crippen LogP contribution < -0.4 is 0 Å². The molecule has 0 aliphatic carbocycles. The summed E-state index contributed by atoms with van der Waals surface area (Å²) in [6, 6.07) is 0.0822. The highest BCUT2D eigenvalue weighted by molar-refractivity contribution is 7.91. The summed E-state index contributed by atoms with van der Waals surface area (Å²) in [5, 5.41) is 0. The summed E-state index contributed by atoms with van der Waals surface area (Å²) >= 11 is 0. The standard InChI is InChI=1S/C13H26N2O3S/c1-4-5-8-15(3)13(16)6-9-14(2)12-7-10-19(17,18)11-12/h12H,4-11H2,1-3H3. The molecule has 5 nitrogen and oxygen atoms in total. The van der Waals surface area contributed by atoms with Crippen molar-refractivity contribution in [2.75, 3.05) is 38.7 Å². The van der Waals surface area contributed by atoms with Crippen molar-refractivity contribution in [1.29, 1.82) is 0 Å². The minimum absolute atomic E-state index is 0.0822. The molecule has 0 radical (unpaired) electrons. The predicted molar refractivity (Wildman–Crippen MR) is 76.9 cm³/mol. The van der Waals surface area contributed by atoms with Gasteiger partial charge < -0.3 is 9.80 Å². The first-order valence-corrected chi connectivity index (χ1v) is 8.82. The van der Waals surface area contributed by atoms with Crippen LogP contribution in [0.1, 0.15) is 32.6 Å². The fraction of sp³-hybridized carbons (Fsp3) is 0.923. The monoisotopic (exact) mass is 290 g/mol. The van der Waals surface area contributed by atoms with Crippen molar-refractivity contribution in [2.45, 2.75) is 38.6 Å². The Balaban J connectivity index is 2.30. The average molecular weight is 290 g/mol. The van der Waals surface area contributed by atoms with E-state index in [1.807, 2.05) is 19.0 Å². The van der Waals surface area contributed by atoms with Crippen molar-refractivity contribution in [1.82, 2.24) is 9.80 Å². The number of carbonyl (C=O) groups is 1. The molecule has 112 valence electrons. The quantitative estimate of drug-likeness (QED) is 0.694. The number of hydrogen-bond donors (Lipinski definition) is 0. The number of sulfone groups is 1. The molecule has 1 heterocycles. The molecule has 1 unspecified atom stereocenters. The number of carbonyl (C=O) groups excluding carboxylic acids is 1. The van der Waals surface area contributed by atoms with Gasteiger partial charge in [-0.05, 0) is 19.9 Å². The van der Waals surface area contributed by atoms with Crippen molar-refractivity contribution >= 4 is 15.7 Å². The Labute approximate surface area is 116 Å². The fourth-order valence-corrected chi connectivity index (χ4v) is 4.09. The van der Waals surface area contributed by atoms with E-state index in [4.69, 9.17) is 0 Å². The third-order valence-electron chi connectivity index (χ3n) is 3.78. The highest BCUT2D eigenvalue weighted by Crippen LogP contribution is 2.16. The van der Waals surface area contributed by atoms with E-state index in [0.29, 0.717) is 19.4 Å². The Hall–Kier alpha value is -0.620. The Bertz CT molecular complexity index is 395. The van der Waals surface area contributed by atoms with Gasteiger partial charge in [-0.15, -0.1) is 0 Å². The van der Waals surface area contributed by atoms with E-state index in [0.717, 1.165) is 19.4 Å². The van der Waals surface area contributed by atoms with E-state index in [1.165, 1.54) is 0 Å². The summed E-state index contributed by atoms with van der Waals surface area (Å²) < 4.78 is 22.8. The maximum Gasteiger partial charge on any atom is 0.223 e. The summed E-state index contributed by atoms with van der Waals surface area (Å²) in [6.07, 6.45) is 3.27. The predicted octanol–water partition coefficient (Wildman–Crippen LogP) is 0.754. The zero-order valence-electron chi connectivity index (χ0n) is 12.3. The van der Waals surface area contributed by atoms with Gasteiger partial charge in [0, 0.05) is 32.6 Å². The van der Waals surface area contributed by atoms with E-state index in [9.17, 15) is 13.2 Å². The summed E-state index contributed by atoms with van der Waals surface area (Å²) in [6.45, 7) is 3.54. The van der Waals surface area contributed by atoms with Crippen LogP contribution >= 0.6 is 0 Å². The minimum Gasteiger partial charge on any atom is -0.346 e. The van der Waals surface area contributed by atoms with E-state index in [-0.39, 0.29) is 23.5 Å². The van der Waals surface area contributed by atoms with Crippen LogP contribution in [0.15, 0.2) is 0 Å². The van der Waals surface area contributed by atoms with E-state index >= 15 is 0 Å². The number of hydrogen-bond acceptors (Lipinski definition) is 4. The maximum absolute atomic E-state index is 11.9. The van der Waals surface area contributed by atoms with Crippen LogP contribution in [-0.2, 0) is 14.6 Å². The summed E-state index contributed by atoms with van der Waals surface area (Å²) in [5.41, 5.74) is 0. The average Bonchev–Trinajstić information content (AvgIpc) is 2.73. The highest BCUT2D eigenvalue weighted by Gasteiger charge is 2.30. The molecule has 1 atom stereocenters. The maximum atomic E-state index is 11.9. The van der Waals surface area contributed by atoms with Gasteiger partial charge >= 0.3 is 0 Å². The molecule has 1 aliphatic heterocycles. The van der Waals surface area contributed by atoms with Gasteiger partial charge in [-0.3, -0.25) is 4.79 Å². The Morgan fingerprint density at radius 2 is 1.95 bits per heavy atom. The molecule has 0 aromatic carbocycles. The lowest BCUT2D eigenvalue weighted by Gasteiger charge is -2.24. The molecule has 0 aromatic rings. The molecule has 0 aromatic heterocycles. The molecule has 0 saturated carbocycles. The van der Waals surface area contributed by atoms with Crippen LogP contribution in [-0.4, -0.2) is 68.9 Å². The van der Waals surface area contributed by atoms with Gasteiger partial charge in [-0.1, -0.05) is 13.3 Å². The van der Waals surface area contributed by atoms with Crippen molar-refractivity contribution in [2.24, 2.45) is 0 Å². The van der Waals surface area contributed by atoms with Gasteiger partial charge in [0.25, 0.3) is 0 Å². The summed E-state index contributed by atoms with van der Waals surface area (Å²) in [7, 11) is 0.895. The smallest absolute Gasteiger partial charge is 0.223 e. The largest absolute Gasteiger partial charge is 0.346 e. The number of amides is 1. The number of unbranched alkanes of at least 4 members (excludes halogenated alkanes) is 1. The number of nitrogens with zero attached hydrogens (tertiary/aromatic N) is 2. The zero-order valence-corrected chi connectivity index (χ0v) is 13.1. The minimum atomic E-state index is -2.84. The fourth-order valence-electron chi connectivity index (χ4n) is 2.29. The third kappa shape index (κ3) is 5.48. The molecule has 0 spiro atoms. The van der Waals surface area contributed by atoms with Gasteiger partial charge in [-0.2, -0.15) is 0 Å². The molecule has 1 saturated heterocycles. The highest BCUT2D eigenvalue weighted by atomic mass is 32.2. The zero-order chi connectivity index (χ0) is 14.5. The Morgan fingerprint density at radius 3 is 2.47 bits per heavy atom. The molecule has 0 bridgehead atoms. The third-order valence-corrected chi connectivity index (χ3v) is 5.53. The van der Waals surface area contributed by atoms with Crippen molar-refractivity contribution in [3.05, 3.63) is 0 Å². The summed E-state index contributed by atoms with van der Waals surface area (Å²) in [4.78, 5) is 15.7. The van der Waals surface area contributed by atoms with Crippen molar-refractivity contribution < 1.29 is 13.2 Å². The van der Waals surface area contributed by atoms with Crippen LogP contribution in [0.25, 0.3) is 0 Å². The van der Waals surface area contributed by atoms with Crippen LogP contribution in [0.2, 0.25) is 0 Å². The SMILES string of the molecule is CCCCN(C)C(=O)CCN(C)C1CCS(=O)(=O)C1. The second-order valence-corrected chi connectivity index (χ2v) is 7.69. The van der Waals surface area contributed by atoms with Gasteiger partial charge in [0.1, 0.15) is 0 Å². The lowest BCUT2D eigenvalue weighted by molar-refractivity contribution is -0.130. The normalized spacial score (nSPS) is 21.8. The Morgan fingerprint density at radius 1 is 1.26 bits per heavy atom. The van der Waals surface area contributed by atoms with Crippen LogP contribution in [0.3, 0.4) is 0 Å². The van der Waals surface area contributed by atoms with Crippen LogP contribution in [0.4, 0.5) is 0 Å². The summed E-state index contributed by atoms with van der Waals surface area (Å²) in [5.74, 6) is 0.663. The first-order valence-electron chi connectivity index (χ1n) is 7.00. The second kappa shape index (κ2) is 7.24. The number of rotatable bonds is 7. The topological polar surface area (TPSA) is 57.7 Å². The van der Waals surface area contributed by atoms with Gasteiger partial charge in [0.2, 0.25) is 5.91 Å². The van der Waals surface area contributed by atoms with Gasteiger partial charge in [0.15, 0.2) is 9.84 Å². The van der Waals surface area contributed by atoms with Gasteiger partial charge in [0.05, 0.1) is 11.5 Å². The molecular weight excluding hydrogens is 264 g/mol. The molecule has 1 amide bonds. The van der Waals surface area contributed by atoms with Gasteiger partial charge in [-0.25, -0.2) is 8.42 Å². The first kappa shape index (κ1) is 16.4. The molecule has 1 fully saturated rings. The van der Waals surface area contributed by atoms with Crippen LogP contribution in [0, 0.1) is 0 Å².